The summed E-state index contributed by atoms with van der Waals surface area (Å²) in [6, 6.07) is 16.8. The first kappa shape index (κ1) is 15.9. The van der Waals surface area contributed by atoms with Gasteiger partial charge in [-0.15, -0.1) is 0 Å². The van der Waals surface area contributed by atoms with Gasteiger partial charge in [-0.25, -0.2) is 0 Å². The Hall–Kier alpha value is -2.53. The van der Waals surface area contributed by atoms with E-state index in [1.54, 1.807) is 17.5 Å². The second kappa shape index (κ2) is 8.05. The minimum atomic E-state index is -0.385. The van der Waals surface area contributed by atoms with Gasteiger partial charge in [0.1, 0.15) is 0 Å². The van der Waals surface area contributed by atoms with Crippen LogP contribution in [0.15, 0.2) is 71.0 Å². The molecule has 2 aromatic carbocycles. The lowest BCUT2D eigenvalue weighted by molar-refractivity contribution is -0.117. The van der Waals surface area contributed by atoms with E-state index in [4.69, 9.17) is 0 Å². The Labute approximate surface area is 133 Å². The SMILES string of the molecule is Cc1ccc(C(=O)NNC(=O)/C=C/Sc2ccccc2)cc1. The van der Waals surface area contributed by atoms with Crippen LogP contribution >= 0.6 is 11.8 Å². The number of hydrogen-bond acceptors (Lipinski definition) is 3. The highest BCUT2D eigenvalue weighted by Gasteiger charge is 2.05. The van der Waals surface area contributed by atoms with E-state index in [1.165, 1.54) is 17.8 Å². The van der Waals surface area contributed by atoms with Gasteiger partial charge in [0.2, 0.25) is 0 Å². The molecule has 0 atom stereocenters. The number of carbonyl (C=O) groups excluding carboxylic acids is 2. The van der Waals surface area contributed by atoms with Crippen LogP contribution in [0.5, 0.6) is 0 Å². The van der Waals surface area contributed by atoms with E-state index in [0.29, 0.717) is 5.56 Å². The number of benzene rings is 2. The first-order valence-corrected chi connectivity index (χ1v) is 7.58. The van der Waals surface area contributed by atoms with Gasteiger partial charge in [0.25, 0.3) is 11.8 Å². The predicted molar refractivity (Wildman–Crippen MR) is 88.2 cm³/mol. The minimum Gasteiger partial charge on any atom is -0.268 e. The maximum atomic E-state index is 11.8. The molecule has 2 N–H and O–H groups in total. The first-order chi connectivity index (χ1) is 10.6. The number of nitrogens with one attached hydrogen (secondary N) is 2. The highest BCUT2D eigenvalue weighted by atomic mass is 32.2. The average Bonchev–Trinajstić information content (AvgIpc) is 2.54. The van der Waals surface area contributed by atoms with E-state index < -0.39 is 0 Å². The Balaban J connectivity index is 1.77. The van der Waals surface area contributed by atoms with Crippen LogP contribution in [0.1, 0.15) is 15.9 Å². The highest BCUT2D eigenvalue weighted by molar-refractivity contribution is 8.02. The van der Waals surface area contributed by atoms with Crippen LogP contribution in [0.25, 0.3) is 0 Å². The fourth-order valence-electron chi connectivity index (χ4n) is 1.61. The van der Waals surface area contributed by atoms with E-state index in [2.05, 4.69) is 10.9 Å². The lowest BCUT2D eigenvalue weighted by atomic mass is 10.1. The fraction of sp³-hybridized carbons (Fsp3) is 0.0588. The molecule has 0 aliphatic rings. The Morgan fingerprint density at radius 3 is 2.32 bits per heavy atom. The third kappa shape index (κ3) is 5.10. The Morgan fingerprint density at radius 1 is 0.955 bits per heavy atom. The molecule has 22 heavy (non-hydrogen) atoms. The maximum Gasteiger partial charge on any atom is 0.269 e. The van der Waals surface area contributed by atoms with E-state index in [9.17, 15) is 9.59 Å². The normalized spacial score (nSPS) is 10.4. The van der Waals surface area contributed by atoms with Gasteiger partial charge in [0, 0.05) is 16.5 Å². The zero-order chi connectivity index (χ0) is 15.8. The van der Waals surface area contributed by atoms with Crippen LogP contribution < -0.4 is 10.9 Å². The second-order valence-corrected chi connectivity index (χ2v) is 5.52. The number of amides is 2. The summed E-state index contributed by atoms with van der Waals surface area (Å²) >= 11 is 1.43. The fourth-order valence-corrected chi connectivity index (χ4v) is 2.27. The molecule has 5 heteroatoms. The predicted octanol–water partition coefficient (Wildman–Crippen LogP) is 3.06. The molecule has 0 aliphatic heterocycles. The summed E-state index contributed by atoms with van der Waals surface area (Å²) in [4.78, 5) is 24.4. The van der Waals surface area contributed by atoms with Gasteiger partial charge in [0.05, 0.1) is 0 Å². The highest BCUT2D eigenvalue weighted by Crippen LogP contribution is 2.17. The molecule has 0 radical (unpaired) electrons. The summed E-state index contributed by atoms with van der Waals surface area (Å²) in [5.74, 6) is -0.735. The summed E-state index contributed by atoms with van der Waals surface area (Å²) in [7, 11) is 0. The molecule has 0 heterocycles. The van der Waals surface area contributed by atoms with Crippen LogP contribution in [0.2, 0.25) is 0 Å². The smallest absolute Gasteiger partial charge is 0.268 e. The maximum absolute atomic E-state index is 11.8. The lowest BCUT2D eigenvalue weighted by Gasteiger charge is -2.05. The molecular weight excluding hydrogens is 296 g/mol. The van der Waals surface area contributed by atoms with E-state index in [1.807, 2.05) is 49.4 Å². The van der Waals surface area contributed by atoms with Gasteiger partial charge in [-0.05, 0) is 36.6 Å². The number of hydrazine groups is 1. The van der Waals surface area contributed by atoms with Crippen molar-refractivity contribution in [3.05, 3.63) is 77.2 Å². The summed E-state index contributed by atoms with van der Waals surface area (Å²) in [5.41, 5.74) is 6.28. The van der Waals surface area contributed by atoms with Gasteiger partial charge in [-0.3, -0.25) is 20.4 Å². The summed E-state index contributed by atoms with van der Waals surface area (Å²) < 4.78 is 0. The Bertz CT molecular complexity index is 667. The Kier molecular flexibility index (Phi) is 5.80. The van der Waals surface area contributed by atoms with Gasteiger partial charge in [0.15, 0.2) is 0 Å². The third-order valence-electron chi connectivity index (χ3n) is 2.78. The molecule has 0 unspecified atom stereocenters. The number of carbonyl (C=O) groups is 2. The first-order valence-electron chi connectivity index (χ1n) is 6.70. The molecular formula is C17H16N2O2S. The van der Waals surface area contributed by atoms with Gasteiger partial charge < -0.3 is 0 Å². The molecule has 0 aromatic heterocycles. The Morgan fingerprint density at radius 2 is 1.64 bits per heavy atom. The lowest BCUT2D eigenvalue weighted by Crippen LogP contribution is -2.40. The standard InChI is InChI=1S/C17H16N2O2S/c1-13-7-9-14(10-8-13)17(21)19-18-16(20)11-12-22-15-5-3-2-4-6-15/h2-12H,1H3,(H,18,20)(H,19,21)/b12-11+. The zero-order valence-corrected chi connectivity index (χ0v) is 12.9. The number of thioether (sulfide) groups is 1. The topological polar surface area (TPSA) is 58.2 Å². The molecule has 0 saturated carbocycles. The molecule has 0 aliphatic carbocycles. The zero-order valence-electron chi connectivity index (χ0n) is 12.1. The van der Waals surface area contributed by atoms with Crippen LogP contribution in [-0.4, -0.2) is 11.8 Å². The van der Waals surface area contributed by atoms with Crippen molar-refractivity contribution in [1.82, 2.24) is 10.9 Å². The van der Waals surface area contributed by atoms with Gasteiger partial charge in [-0.2, -0.15) is 0 Å². The third-order valence-corrected chi connectivity index (χ3v) is 3.60. The van der Waals surface area contributed by atoms with Gasteiger partial charge in [-0.1, -0.05) is 47.7 Å². The van der Waals surface area contributed by atoms with Crippen LogP contribution in [-0.2, 0) is 4.79 Å². The van der Waals surface area contributed by atoms with E-state index in [-0.39, 0.29) is 11.8 Å². The molecule has 0 fully saturated rings. The van der Waals surface area contributed by atoms with E-state index in [0.717, 1.165) is 10.5 Å². The molecule has 112 valence electrons. The van der Waals surface area contributed by atoms with Crippen molar-refractivity contribution in [3.8, 4) is 0 Å². The van der Waals surface area contributed by atoms with Crippen LogP contribution in [0.4, 0.5) is 0 Å². The van der Waals surface area contributed by atoms with E-state index >= 15 is 0 Å². The molecule has 2 rings (SSSR count). The quantitative estimate of drug-likeness (QED) is 0.518. The van der Waals surface area contributed by atoms with Crippen LogP contribution in [0.3, 0.4) is 0 Å². The van der Waals surface area contributed by atoms with Gasteiger partial charge >= 0.3 is 0 Å². The second-order valence-electron chi connectivity index (χ2n) is 4.54. The van der Waals surface area contributed by atoms with Crippen molar-refractivity contribution in [2.45, 2.75) is 11.8 Å². The van der Waals surface area contributed by atoms with Crippen molar-refractivity contribution in [2.75, 3.05) is 0 Å². The summed E-state index contributed by atoms with van der Waals surface area (Å²) in [6.45, 7) is 1.94. The van der Waals surface area contributed by atoms with Crippen molar-refractivity contribution in [2.24, 2.45) is 0 Å². The number of rotatable bonds is 4. The van der Waals surface area contributed by atoms with Crippen molar-refractivity contribution >= 4 is 23.6 Å². The molecule has 2 aromatic rings. The van der Waals surface area contributed by atoms with Crippen molar-refractivity contribution < 1.29 is 9.59 Å². The summed E-state index contributed by atoms with van der Waals surface area (Å²) in [6.07, 6.45) is 1.37. The molecule has 0 spiro atoms. The number of aryl methyl sites for hydroxylation is 1. The molecule has 2 amide bonds. The van der Waals surface area contributed by atoms with Crippen molar-refractivity contribution in [1.29, 1.82) is 0 Å². The average molecular weight is 312 g/mol. The van der Waals surface area contributed by atoms with Crippen molar-refractivity contribution in [3.63, 3.8) is 0 Å². The molecule has 4 nitrogen and oxygen atoms in total. The molecule has 0 saturated heterocycles. The number of hydrogen-bond donors (Lipinski definition) is 2. The largest absolute Gasteiger partial charge is 0.269 e. The monoisotopic (exact) mass is 312 g/mol. The minimum absolute atomic E-state index is 0.350. The summed E-state index contributed by atoms with van der Waals surface area (Å²) in [5, 5.41) is 1.67. The van der Waals surface area contributed by atoms with Crippen LogP contribution in [0, 0.1) is 6.92 Å². The molecule has 0 bridgehead atoms.